The molecule has 174 valence electrons. The summed E-state index contributed by atoms with van der Waals surface area (Å²) in [6.07, 6.45) is 7.41. The van der Waals surface area contributed by atoms with E-state index < -0.39 is 0 Å². The molecule has 1 aromatic carbocycles. The number of benzene rings is 1. The number of ether oxygens (including phenoxy) is 1. The van der Waals surface area contributed by atoms with Gasteiger partial charge in [-0.15, -0.1) is 0 Å². The van der Waals surface area contributed by atoms with Crippen molar-refractivity contribution in [1.82, 2.24) is 19.6 Å². The topological polar surface area (TPSA) is 75.9 Å². The van der Waals surface area contributed by atoms with Crippen molar-refractivity contribution in [2.75, 3.05) is 20.2 Å². The van der Waals surface area contributed by atoms with Crippen molar-refractivity contribution in [1.29, 1.82) is 0 Å². The Morgan fingerprint density at radius 2 is 2.03 bits per heavy atom. The average Bonchev–Trinajstić information content (AvgIpc) is 3.25. The summed E-state index contributed by atoms with van der Waals surface area (Å²) in [5, 5.41) is 3.11. The lowest BCUT2D eigenvalue weighted by atomic mass is 9.83. The molecule has 2 amide bonds. The first kappa shape index (κ1) is 22.8. The number of hydrogen-bond donors (Lipinski definition) is 1. The molecule has 2 aromatic heterocycles. The Kier molecular flexibility index (Phi) is 7.27. The van der Waals surface area contributed by atoms with E-state index in [0.29, 0.717) is 38.1 Å². The van der Waals surface area contributed by atoms with E-state index in [1.807, 2.05) is 64.2 Å². The maximum absolute atomic E-state index is 13.4. The number of carbonyl (C=O) groups is 2. The summed E-state index contributed by atoms with van der Waals surface area (Å²) in [5.74, 6) is 0.467. The Labute approximate surface area is 194 Å². The van der Waals surface area contributed by atoms with Gasteiger partial charge in [0.05, 0.1) is 24.8 Å². The van der Waals surface area contributed by atoms with Crippen molar-refractivity contribution in [2.24, 2.45) is 5.92 Å². The van der Waals surface area contributed by atoms with Crippen molar-refractivity contribution in [2.45, 2.75) is 45.1 Å². The monoisotopic (exact) mass is 448 g/mol. The molecule has 2 atom stereocenters. The predicted molar refractivity (Wildman–Crippen MR) is 127 cm³/mol. The van der Waals surface area contributed by atoms with Crippen LogP contribution in [0.15, 0.2) is 54.9 Å². The van der Waals surface area contributed by atoms with E-state index in [0.717, 1.165) is 29.7 Å². The van der Waals surface area contributed by atoms with Crippen LogP contribution in [0, 0.1) is 5.92 Å². The molecule has 0 radical (unpaired) electrons. The van der Waals surface area contributed by atoms with Gasteiger partial charge in [0.1, 0.15) is 11.4 Å². The number of nitrogens with zero attached hydrogens (tertiary/aromatic N) is 3. The van der Waals surface area contributed by atoms with Crippen molar-refractivity contribution >= 4 is 17.5 Å². The highest BCUT2D eigenvalue weighted by atomic mass is 16.5. The molecule has 2 unspecified atom stereocenters. The zero-order chi connectivity index (χ0) is 23.2. The Hall–Kier alpha value is -3.35. The maximum atomic E-state index is 13.4. The van der Waals surface area contributed by atoms with Crippen LogP contribution in [-0.2, 0) is 16.0 Å². The molecule has 1 aliphatic rings. The van der Waals surface area contributed by atoms with Gasteiger partial charge in [-0.05, 0) is 31.0 Å². The molecule has 3 aromatic rings. The van der Waals surface area contributed by atoms with Gasteiger partial charge in [0, 0.05) is 43.9 Å². The van der Waals surface area contributed by atoms with E-state index in [4.69, 9.17) is 4.74 Å². The molecule has 4 rings (SSSR count). The highest BCUT2D eigenvalue weighted by Crippen LogP contribution is 2.40. The Morgan fingerprint density at radius 1 is 1.21 bits per heavy atom. The number of likely N-dealkylation sites (tertiary alicyclic amines) is 1. The molecule has 3 heterocycles. The molecule has 0 bridgehead atoms. The number of fused-ring (bicyclic) bond motifs is 1. The number of imidazole rings is 1. The first-order valence-corrected chi connectivity index (χ1v) is 11.7. The van der Waals surface area contributed by atoms with Gasteiger partial charge in [-0.1, -0.05) is 37.6 Å². The van der Waals surface area contributed by atoms with Gasteiger partial charge in [0.15, 0.2) is 0 Å². The quantitative estimate of drug-likeness (QED) is 0.541. The van der Waals surface area contributed by atoms with Gasteiger partial charge < -0.3 is 19.4 Å². The summed E-state index contributed by atoms with van der Waals surface area (Å²) >= 11 is 0. The maximum Gasteiger partial charge on any atom is 0.225 e. The van der Waals surface area contributed by atoms with Crippen LogP contribution in [0.1, 0.15) is 49.9 Å². The fourth-order valence-corrected chi connectivity index (χ4v) is 4.67. The van der Waals surface area contributed by atoms with E-state index in [-0.39, 0.29) is 23.8 Å². The average molecular weight is 449 g/mol. The number of para-hydroxylation sites is 1. The van der Waals surface area contributed by atoms with E-state index >= 15 is 0 Å². The van der Waals surface area contributed by atoms with E-state index in [1.54, 1.807) is 7.11 Å². The van der Waals surface area contributed by atoms with Crippen molar-refractivity contribution in [3.8, 4) is 5.75 Å². The summed E-state index contributed by atoms with van der Waals surface area (Å²) in [6, 6.07) is 13.3. The second-order valence-electron chi connectivity index (χ2n) is 8.51. The molecule has 1 fully saturated rings. The largest absolute Gasteiger partial charge is 0.496 e. The molecule has 1 aliphatic heterocycles. The van der Waals surface area contributed by atoms with Gasteiger partial charge in [0.2, 0.25) is 11.8 Å². The number of rotatable bonds is 9. The lowest BCUT2D eigenvalue weighted by Crippen LogP contribution is -2.48. The van der Waals surface area contributed by atoms with Crippen LogP contribution in [0.5, 0.6) is 5.75 Å². The number of pyridine rings is 1. The molecule has 7 nitrogen and oxygen atoms in total. The zero-order valence-corrected chi connectivity index (χ0v) is 19.4. The van der Waals surface area contributed by atoms with Crippen LogP contribution in [-0.4, -0.2) is 46.3 Å². The number of methoxy groups -OCH3 is 1. The first-order chi connectivity index (χ1) is 16.1. The Balaban J connectivity index is 1.51. The summed E-state index contributed by atoms with van der Waals surface area (Å²) in [4.78, 5) is 32.7. The van der Waals surface area contributed by atoms with Crippen LogP contribution in [0.25, 0.3) is 5.65 Å². The molecule has 7 heteroatoms. The summed E-state index contributed by atoms with van der Waals surface area (Å²) in [6.45, 7) is 3.25. The minimum Gasteiger partial charge on any atom is -0.496 e. The molecular formula is C26H32N4O3. The molecule has 33 heavy (non-hydrogen) atoms. The van der Waals surface area contributed by atoms with Crippen molar-refractivity contribution in [3.63, 3.8) is 0 Å². The highest BCUT2D eigenvalue weighted by molar-refractivity contribution is 5.85. The number of piperidine rings is 1. The molecule has 1 N–H and O–H groups in total. The second-order valence-corrected chi connectivity index (χ2v) is 8.51. The molecular weight excluding hydrogens is 416 g/mol. The van der Waals surface area contributed by atoms with Crippen molar-refractivity contribution < 1.29 is 14.3 Å². The standard InChI is InChI=1S/C26H32N4O3/c1-3-4-17-30-24(31)13-12-21(25(30)20-9-5-6-10-22(20)33-2)26(32)27-15-14-19-18-29-16-8-7-11-23(29)28-19/h5-11,16,18,21,25H,3-4,12-15,17H2,1-2H3,(H,27,32). The minimum absolute atomic E-state index is 0.0244. The zero-order valence-electron chi connectivity index (χ0n) is 19.4. The molecule has 0 spiro atoms. The lowest BCUT2D eigenvalue weighted by Gasteiger charge is -2.41. The van der Waals surface area contributed by atoms with Crippen LogP contribution >= 0.6 is 0 Å². The summed E-state index contributed by atoms with van der Waals surface area (Å²) in [5.41, 5.74) is 2.73. The van der Waals surface area contributed by atoms with Crippen LogP contribution in [0.2, 0.25) is 0 Å². The third-order valence-electron chi connectivity index (χ3n) is 6.35. The third kappa shape index (κ3) is 5.02. The SMILES string of the molecule is CCCCN1C(=O)CCC(C(=O)NCCc2cn3ccccc3n2)C1c1ccccc1OC. The van der Waals surface area contributed by atoms with Gasteiger partial charge in [0.25, 0.3) is 0 Å². The number of unbranched alkanes of at least 4 members (excludes halogenated alkanes) is 1. The highest BCUT2D eigenvalue weighted by Gasteiger charge is 2.41. The number of amides is 2. The van der Waals surface area contributed by atoms with Gasteiger partial charge in [-0.25, -0.2) is 4.98 Å². The first-order valence-electron chi connectivity index (χ1n) is 11.7. The lowest BCUT2D eigenvalue weighted by molar-refractivity contribution is -0.143. The van der Waals surface area contributed by atoms with E-state index in [9.17, 15) is 9.59 Å². The number of hydrogen-bond acceptors (Lipinski definition) is 4. The van der Waals surface area contributed by atoms with E-state index in [1.165, 1.54) is 0 Å². The number of aromatic nitrogens is 2. The molecule has 1 saturated heterocycles. The van der Waals surface area contributed by atoms with Gasteiger partial charge in [-0.2, -0.15) is 0 Å². The van der Waals surface area contributed by atoms with Gasteiger partial charge in [-0.3, -0.25) is 9.59 Å². The fraction of sp³-hybridized carbons (Fsp3) is 0.423. The van der Waals surface area contributed by atoms with Crippen LogP contribution < -0.4 is 10.1 Å². The summed E-state index contributed by atoms with van der Waals surface area (Å²) < 4.78 is 7.58. The van der Waals surface area contributed by atoms with E-state index in [2.05, 4.69) is 17.2 Å². The molecule has 0 saturated carbocycles. The normalized spacial score (nSPS) is 18.5. The van der Waals surface area contributed by atoms with Crippen molar-refractivity contribution in [3.05, 3.63) is 66.1 Å². The smallest absolute Gasteiger partial charge is 0.225 e. The Morgan fingerprint density at radius 3 is 2.82 bits per heavy atom. The van der Waals surface area contributed by atoms with Crippen LogP contribution in [0.4, 0.5) is 0 Å². The summed E-state index contributed by atoms with van der Waals surface area (Å²) in [7, 11) is 1.63. The Bertz CT molecular complexity index is 1080. The molecule has 0 aliphatic carbocycles. The fourth-order valence-electron chi connectivity index (χ4n) is 4.67. The second kappa shape index (κ2) is 10.5. The number of carbonyl (C=O) groups excluding carboxylic acids is 2. The minimum atomic E-state index is -0.329. The van der Waals surface area contributed by atoms with Crippen LogP contribution in [0.3, 0.4) is 0 Å². The predicted octanol–water partition coefficient (Wildman–Crippen LogP) is 3.78. The third-order valence-corrected chi connectivity index (χ3v) is 6.35. The number of nitrogens with one attached hydrogen (secondary N) is 1. The van der Waals surface area contributed by atoms with Gasteiger partial charge >= 0.3 is 0 Å².